The largest absolute Gasteiger partial charge is 0.309 e. The molecule has 4 heteroatoms. The smallest absolute Gasteiger partial charge is 0.162 e. The molecule has 8 rings (SSSR count). The van der Waals surface area contributed by atoms with E-state index >= 15 is 0 Å². The predicted octanol–water partition coefficient (Wildman–Crippen LogP) is 8.61. The molecule has 3 heterocycles. The molecule has 0 unspecified atom stereocenters. The van der Waals surface area contributed by atoms with Crippen LogP contribution in [0, 0.1) is 0 Å². The summed E-state index contributed by atoms with van der Waals surface area (Å²) in [6.07, 6.45) is 1.82. The summed E-state index contributed by atoms with van der Waals surface area (Å²) >= 11 is 0. The first-order valence-electron chi connectivity index (χ1n) is 13.0. The van der Waals surface area contributed by atoms with Crippen LogP contribution in [-0.2, 0) is 0 Å². The van der Waals surface area contributed by atoms with E-state index in [9.17, 15) is 0 Å². The van der Waals surface area contributed by atoms with E-state index in [-0.39, 0.29) is 0 Å². The first-order valence-corrected chi connectivity index (χ1v) is 13.0. The SMILES string of the molecule is c1ccc(-n2c3ccccc3c3cc(-c4nc(-c5cccc6cccnc56)nc5ccccc45)ccc32)cc1. The van der Waals surface area contributed by atoms with Crippen molar-refractivity contribution in [2.24, 2.45) is 0 Å². The Kier molecular flexibility index (Phi) is 4.79. The van der Waals surface area contributed by atoms with Crippen molar-refractivity contribution in [3.05, 3.63) is 134 Å². The Bertz CT molecular complexity index is 2170. The maximum atomic E-state index is 5.19. The minimum absolute atomic E-state index is 0.680. The number of pyridine rings is 1. The van der Waals surface area contributed by atoms with E-state index in [1.165, 1.54) is 21.8 Å². The van der Waals surface area contributed by atoms with Crippen molar-refractivity contribution in [1.82, 2.24) is 19.5 Å². The third-order valence-electron chi connectivity index (χ3n) is 7.44. The van der Waals surface area contributed by atoms with Gasteiger partial charge in [0, 0.05) is 44.6 Å². The van der Waals surface area contributed by atoms with Crippen LogP contribution in [0.2, 0.25) is 0 Å². The molecule has 8 aromatic rings. The van der Waals surface area contributed by atoms with Gasteiger partial charge in [0.1, 0.15) is 0 Å². The number of aromatic nitrogens is 4. The zero-order valence-corrected chi connectivity index (χ0v) is 21.0. The summed E-state index contributed by atoms with van der Waals surface area (Å²) in [6.45, 7) is 0. The molecule has 0 aliphatic rings. The molecular formula is C35H22N4. The second kappa shape index (κ2) is 8.61. The van der Waals surface area contributed by atoms with Gasteiger partial charge in [-0.3, -0.25) is 4.98 Å². The van der Waals surface area contributed by atoms with Crippen LogP contribution >= 0.6 is 0 Å². The van der Waals surface area contributed by atoms with Crippen molar-refractivity contribution in [2.45, 2.75) is 0 Å². The lowest BCUT2D eigenvalue weighted by atomic mass is 10.0. The van der Waals surface area contributed by atoms with Gasteiger partial charge in [-0.15, -0.1) is 0 Å². The van der Waals surface area contributed by atoms with Crippen LogP contribution in [0.15, 0.2) is 134 Å². The highest BCUT2D eigenvalue weighted by atomic mass is 15.0. The molecule has 39 heavy (non-hydrogen) atoms. The van der Waals surface area contributed by atoms with E-state index in [4.69, 9.17) is 9.97 Å². The summed E-state index contributed by atoms with van der Waals surface area (Å²) in [5, 5.41) is 4.52. The van der Waals surface area contributed by atoms with Crippen LogP contribution in [0.5, 0.6) is 0 Å². The normalized spacial score (nSPS) is 11.6. The van der Waals surface area contributed by atoms with Crippen molar-refractivity contribution in [3.8, 4) is 28.3 Å². The van der Waals surface area contributed by atoms with Crippen molar-refractivity contribution < 1.29 is 0 Å². The van der Waals surface area contributed by atoms with Crippen LogP contribution in [-0.4, -0.2) is 19.5 Å². The highest BCUT2D eigenvalue weighted by Crippen LogP contribution is 2.37. The fraction of sp³-hybridized carbons (Fsp3) is 0. The number of benzene rings is 5. The fourth-order valence-electron chi connectivity index (χ4n) is 5.68. The molecule has 0 bridgehead atoms. The highest BCUT2D eigenvalue weighted by Gasteiger charge is 2.17. The maximum absolute atomic E-state index is 5.19. The molecule has 0 atom stereocenters. The van der Waals surface area contributed by atoms with Crippen molar-refractivity contribution in [1.29, 1.82) is 0 Å². The monoisotopic (exact) mass is 498 g/mol. The third kappa shape index (κ3) is 3.42. The first kappa shape index (κ1) is 21.7. The molecule has 0 amide bonds. The maximum Gasteiger partial charge on any atom is 0.162 e. The Hall–Kier alpha value is -5.35. The van der Waals surface area contributed by atoms with E-state index in [0.717, 1.165) is 44.3 Å². The van der Waals surface area contributed by atoms with Gasteiger partial charge in [0.05, 0.1) is 27.8 Å². The standard InChI is InChI=1S/C35H22N4/c1-2-12-25(13-3-1)39-31-18-7-5-14-26(31)29-22-24(19-20-32(29)39)34-27-15-4-6-17-30(27)37-35(38-34)28-16-8-10-23-11-9-21-36-33(23)28/h1-22H. The lowest BCUT2D eigenvalue weighted by Gasteiger charge is -2.11. The molecule has 0 saturated heterocycles. The fourth-order valence-corrected chi connectivity index (χ4v) is 5.68. The number of para-hydroxylation sites is 4. The van der Waals surface area contributed by atoms with Crippen molar-refractivity contribution in [3.63, 3.8) is 0 Å². The van der Waals surface area contributed by atoms with Crippen LogP contribution in [0.1, 0.15) is 0 Å². The summed E-state index contributed by atoms with van der Waals surface area (Å²) < 4.78 is 2.33. The highest BCUT2D eigenvalue weighted by molar-refractivity contribution is 6.11. The Labute approximate surface area is 224 Å². The molecule has 0 N–H and O–H groups in total. The van der Waals surface area contributed by atoms with Gasteiger partial charge >= 0.3 is 0 Å². The molecule has 0 radical (unpaired) electrons. The molecule has 0 fully saturated rings. The summed E-state index contributed by atoms with van der Waals surface area (Å²) in [6, 6.07) is 44.2. The van der Waals surface area contributed by atoms with Crippen LogP contribution in [0.4, 0.5) is 0 Å². The molecule has 0 aliphatic carbocycles. The average Bonchev–Trinajstić information content (AvgIpc) is 3.34. The Morgan fingerprint density at radius 3 is 2.23 bits per heavy atom. The van der Waals surface area contributed by atoms with Crippen molar-refractivity contribution in [2.75, 3.05) is 0 Å². The lowest BCUT2D eigenvalue weighted by molar-refractivity contribution is 1.18. The second-order valence-corrected chi connectivity index (χ2v) is 9.71. The Balaban J connectivity index is 1.41. The predicted molar refractivity (Wildman–Crippen MR) is 160 cm³/mol. The molecule has 3 aromatic heterocycles. The van der Waals surface area contributed by atoms with E-state index in [1.807, 2.05) is 30.5 Å². The van der Waals surface area contributed by atoms with Gasteiger partial charge in [0.15, 0.2) is 5.82 Å². The van der Waals surface area contributed by atoms with Gasteiger partial charge in [-0.1, -0.05) is 78.9 Å². The summed E-state index contributed by atoms with van der Waals surface area (Å²) in [4.78, 5) is 14.8. The number of fused-ring (bicyclic) bond motifs is 5. The summed E-state index contributed by atoms with van der Waals surface area (Å²) in [5.74, 6) is 0.680. The van der Waals surface area contributed by atoms with Crippen LogP contribution < -0.4 is 0 Å². The third-order valence-corrected chi connectivity index (χ3v) is 7.44. The van der Waals surface area contributed by atoms with Crippen LogP contribution in [0.3, 0.4) is 0 Å². The number of rotatable bonds is 3. The Morgan fingerprint density at radius 1 is 0.538 bits per heavy atom. The van der Waals surface area contributed by atoms with Gasteiger partial charge < -0.3 is 4.57 Å². The van der Waals surface area contributed by atoms with Gasteiger partial charge in [-0.25, -0.2) is 9.97 Å². The molecular weight excluding hydrogens is 476 g/mol. The molecule has 182 valence electrons. The number of nitrogens with zero attached hydrogens (tertiary/aromatic N) is 4. The average molecular weight is 499 g/mol. The molecule has 0 spiro atoms. The minimum atomic E-state index is 0.680. The second-order valence-electron chi connectivity index (χ2n) is 9.71. The zero-order chi connectivity index (χ0) is 25.8. The Morgan fingerprint density at radius 2 is 1.31 bits per heavy atom. The first-order chi connectivity index (χ1) is 19.3. The molecule has 0 aliphatic heterocycles. The van der Waals surface area contributed by atoms with Crippen LogP contribution in [0.25, 0.3) is 71.9 Å². The number of hydrogen-bond donors (Lipinski definition) is 0. The van der Waals surface area contributed by atoms with Gasteiger partial charge in [0.2, 0.25) is 0 Å². The van der Waals surface area contributed by atoms with E-state index in [2.05, 4.69) is 113 Å². The van der Waals surface area contributed by atoms with E-state index < -0.39 is 0 Å². The van der Waals surface area contributed by atoms with Crippen molar-refractivity contribution >= 4 is 43.6 Å². The molecule has 5 aromatic carbocycles. The quantitative estimate of drug-likeness (QED) is 0.245. The van der Waals surface area contributed by atoms with Gasteiger partial charge in [0.25, 0.3) is 0 Å². The van der Waals surface area contributed by atoms with Gasteiger partial charge in [-0.05, 0) is 48.5 Å². The summed E-state index contributed by atoms with van der Waals surface area (Å²) in [7, 11) is 0. The van der Waals surface area contributed by atoms with E-state index in [0.29, 0.717) is 5.82 Å². The summed E-state index contributed by atoms with van der Waals surface area (Å²) in [5.41, 5.74) is 8.23. The topological polar surface area (TPSA) is 43.6 Å². The van der Waals surface area contributed by atoms with Gasteiger partial charge in [-0.2, -0.15) is 0 Å². The zero-order valence-electron chi connectivity index (χ0n) is 21.0. The lowest BCUT2D eigenvalue weighted by Crippen LogP contribution is -1.97. The minimum Gasteiger partial charge on any atom is -0.309 e. The number of hydrogen-bond acceptors (Lipinski definition) is 3. The molecule has 0 saturated carbocycles. The van der Waals surface area contributed by atoms with E-state index in [1.54, 1.807) is 0 Å². The molecule has 4 nitrogen and oxygen atoms in total.